The molecule has 1 aromatic heterocycles. The molecule has 2 heterocycles. The first-order valence-corrected chi connectivity index (χ1v) is 9.10. The first kappa shape index (κ1) is 18.5. The fourth-order valence-corrected chi connectivity index (χ4v) is 3.23. The molecule has 1 fully saturated rings. The number of hydrogen-bond donors (Lipinski definition) is 3. The van der Waals surface area contributed by atoms with E-state index in [4.69, 9.17) is 9.47 Å². The van der Waals surface area contributed by atoms with Crippen LogP contribution in [-0.2, 0) is 9.47 Å². The number of H-pyrrole nitrogens is 1. The molecular formula is C21H22FN3O3. The number of nitrogens with one attached hydrogen (secondary N) is 2. The summed E-state index contributed by atoms with van der Waals surface area (Å²) in [6.07, 6.45) is 1.40. The number of anilines is 1. The third-order valence-corrected chi connectivity index (χ3v) is 4.61. The van der Waals surface area contributed by atoms with E-state index in [2.05, 4.69) is 15.3 Å². The van der Waals surface area contributed by atoms with Gasteiger partial charge in [0.2, 0.25) is 0 Å². The smallest absolute Gasteiger partial charge is 0.198 e. The van der Waals surface area contributed by atoms with Crippen LogP contribution in [0.3, 0.4) is 0 Å². The number of hydrogen-bond acceptors (Lipinski definition) is 5. The lowest BCUT2D eigenvalue weighted by Gasteiger charge is -2.17. The van der Waals surface area contributed by atoms with Gasteiger partial charge >= 0.3 is 0 Å². The molecule has 0 saturated carbocycles. The Hall–Kier alpha value is -2.90. The van der Waals surface area contributed by atoms with E-state index in [1.165, 1.54) is 12.3 Å². The number of benzene rings is 2. The third-order valence-electron chi connectivity index (χ3n) is 4.61. The quantitative estimate of drug-likeness (QED) is 0.573. The number of aromatic nitrogens is 1. The van der Waals surface area contributed by atoms with Gasteiger partial charge in [0.1, 0.15) is 11.9 Å². The molecule has 28 heavy (non-hydrogen) atoms. The Balaban J connectivity index is 1.45. The van der Waals surface area contributed by atoms with E-state index in [1.807, 2.05) is 38.1 Å². The first-order valence-electron chi connectivity index (χ1n) is 9.10. The van der Waals surface area contributed by atoms with E-state index < -0.39 is 11.6 Å². The summed E-state index contributed by atoms with van der Waals surface area (Å²) in [7, 11) is 0. The number of aromatic hydroxyl groups is 1. The number of aromatic amines is 1. The molecule has 1 aliphatic heterocycles. The summed E-state index contributed by atoms with van der Waals surface area (Å²) in [6.45, 7) is 4.63. The van der Waals surface area contributed by atoms with Gasteiger partial charge < -0.3 is 24.9 Å². The Kier molecular flexibility index (Phi) is 4.78. The van der Waals surface area contributed by atoms with Crippen LogP contribution in [0.15, 0.2) is 47.5 Å². The molecule has 1 aliphatic rings. The molecule has 4 rings (SSSR count). The molecule has 0 spiro atoms. The van der Waals surface area contributed by atoms with Gasteiger partial charge in [-0.15, -0.1) is 0 Å². The van der Waals surface area contributed by atoms with Crippen molar-refractivity contribution >= 4 is 28.5 Å². The molecule has 6 nitrogen and oxygen atoms in total. The molecular weight excluding hydrogens is 361 g/mol. The van der Waals surface area contributed by atoms with Crippen LogP contribution in [-0.4, -0.2) is 41.3 Å². The minimum Gasteiger partial charge on any atom is -0.494 e. The summed E-state index contributed by atoms with van der Waals surface area (Å²) in [5.74, 6) is -0.973. The summed E-state index contributed by atoms with van der Waals surface area (Å²) in [5, 5.41) is 14.0. The molecule has 0 amide bonds. The molecule has 3 N–H and O–H groups in total. The van der Waals surface area contributed by atoms with Gasteiger partial charge in [0, 0.05) is 29.7 Å². The number of para-hydroxylation sites is 1. The maximum absolute atomic E-state index is 14.4. The second kappa shape index (κ2) is 7.26. The summed E-state index contributed by atoms with van der Waals surface area (Å²) in [4.78, 5) is 7.19. The highest BCUT2D eigenvalue weighted by atomic mass is 19.1. The average Bonchev–Trinajstić information content (AvgIpc) is 3.17. The van der Waals surface area contributed by atoms with Crippen molar-refractivity contribution < 1.29 is 19.0 Å². The molecule has 2 aromatic carbocycles. The molecule has 1 unspecified atom stereocenters. The Bertz CT molecular complexity index is 1030. The zero-order valence-corrected chi connectivity index (χ0v) is 15.7. The van der Waals surface area contributed by atoms with Gasteiger partial charge in [-0.05, 0) is 32.0 Å². The Morgan fingerprint density at radius 2 is 2.14 bits per heavy atom. The number of aliphatic imine (C=N–C) groups is 1. The number of nitrogens with zero attached hydrogens (tertiary/aromatic N) is 1. The van der Waals surface area contributed by atoms with Crippen LogP contribution in [0.1, 0.15) is 19.4 Å². The zero-order valence-electron chi connectivity index (χ0n) is 15.7. The highest BCUT2D eigenvalue weighted by molar-refractivity contribution is 6.02. The van der Waals surface area contributed by atoms with Crippen molar-refractivity contribution in [2.24, 2.45) is 4.99 Å². The number of rotatable bonds is 5. The minimum atomic E-state index is -0.600. The van der Waals surface area contributed by atoms with Crippen LogP contribution < -0.4 is 5.32 Å². The van der Waals surface area contributed by atoms with Gasteiger partial charge in [-0.1, -0.05) is 18.2 Å². The van der Waals surface area contributed by atoms with Gasteiger partial charge in [-0.2, -0.15) is 0 Å². The largest absolute Gasteiger partial charge is 0.494 e. The lowest BCUT2D eigenvalue weighted by atomic mass is 10.2. The van der Waals surface area contributed by atoms with Gasteiger partial charge in [-0.25, -0.2) is 4.39 Å². The molecule has 1 saturated heterocycles. The number of ether oxygens (including phenoxy) is 2. The summed E-state index contributed by atoms with van der Waals surface area (Å²) in [6, 6.07) is 12.2. The van der Waals surface area contributed by atoms with Crippen LogP contribution in [0.25, 0.3) is 10.9 Å². The third kappa shape index (κ3) is 3.85. The lowest BCUT2D eigenvalue weighted by molar-refractivity contribution is -0.136. The summed E-state index contributed by atoms with van der Waals surface area (Å²) >= 11 is 0. The fraction of sp³-hybridized carbons (Fsp3) is 0.286. The zero-order chi connectivity index (χ0) is 19.7. The lowest BCUT2D eigenvalue weighted by Crippen LogP contribution is -2.26. The van der Waals surface area contributed by atoms with E-state index in [9.17, 15) is 9.50 Å². The van der Waals surface area contributed by atoms with Crippen LogP contribution in [0.4, 0.5) is 15.8 Å². The maximum Gasteiger partial charge on any atom is 0.198 e. The number of halogens is 1. The van der Waals surface area contributed by atoms with Crippen LogP contribution >= 0.6 is 0 Å². The summed E-state index contributed by atoms with van der Waals surface area (Å²) in [5.41, 5.74) is 2.21. The average molecular weight is 383 g/mol. The maximum atomic E-state index is 14.4. The molecule has 1 atom stereocenters. The van der Waals surface area contributed by atoms with Gasteiger partial charge in [-0.3, -0.25) is 4.99 Å². The van der Waals surface area contributed by atoms with E-state index in [0.717, 1.165) is 10.9 Å². The fourth-order valence-electron chi connectivity index (χ4n) is 3.23. The predicted molar refractivity (Wildman–Crippen MR) is 107 cm³/mol. The molecule has 0 aliphatic carbocycles. The molecule has 7 heteroatoms. The topological polar surface area (TPSA) is 78.9 Å². The van der Waals surface area contributed by atoms with Crippen molar-refractivity contribution in [3.8, 4) is 5.88 Å². The molecule has 0 radical (unpaired) electrons. The van der Waals surface area contributed by atoms with Crippen molar-refractivity contribution in [2.45, 2.75) is 25.7 Å². The predicted octanol–water partition coefficient (Wildman–Crippen LogP) is 4.33. The van der Waals surface area contributed by atoms with Crippen LogP contribution in [0, 0.1) is 5.82 Å². The van der Waals surface area contributed by atoms with Crippen molar-refractivity contribution in [2.75, 3.05) is 18.5 Å². The van der Waals surface area contributed by atoms with Crippen molar-refractivity contribution in [1.29, 1.82) is 0 Å². The minimum absolute atomic E-state index is 0.0328. The highest BCUT2D eigenvalue weighted by Gasteiger charge is 2.32. The van der Waals surface area contributed by atoms with Crippen molar-refractivity contribution in [3.63, 3.8) is 0 Å². The SMILES string of the molecule is CC1(C)OCC(CNc2ccc(N=Cc3c(O)[nH]c4ccccc34)cc2F)O1. The Morgan fingerprint density at radius 1 is 1.32 bits per heavy atom. The van der Waals surface area contributed by atoms with Crippen LogP contribution in [0.2, 0.25) is 0 Å². The second-order valence-electron chi connectivity index (χ2n) is 7.19. The first-order chi connectivity index (χ1) is 13.4. The van der Waals surface area contributed by atoms with E-state index in [-0.39, 0.29) is 12.0 Å². The van der Waals surface area contributed by atoms with Gasteiger partial charge in [0.25, 0.3) is 0 Å². The number of fused-ring (bicyclic) bond motifs is 1. The van der Waals surface area contributed by atoms with Crippen molar-refractivity contribution in [3.05, 3.63) is 53.8 Å². The standard InChI is InChI=1S/C21H22FN3O3/c1-21(2)27-12-14(28-21)10-24-19-8-7-13(9-17(19)22)23-11-16-15-5-3-4-6-18(15)25-20(16)26/h3-9,11,14,24-26H,10,12H2,1-2H3. The van der Waals surface area contributed by atoms with Gasteiger partial charge in [0.05, 0.1) is 23.5 Å². The highest BCUT2D eigenvalue weighted by Crippen LogP contribution is 2.27. The van der Waals surface area contributed by atoms with E-state index in [1.54, 1.807) is 12.1 Å². The monoisotopic (exact) mass is 383 g/mol. The van der Waals surface area contributed by atoms with Gasteiger partial charge in [0.15, 0.2) is 11.7 Å². The van der Waals surface area contributed by atoms with E-state index in [0.29, 0.717) is 30.1 Å². The molecule has 0 bridgehead atoms. The molecule has 146 valence electrons. The normalized spacial score (nSPS) is 18.9. The molecule has 3 aromatic rings. The Labute approximate surface area is 162 Å². The summed E-state index contributed by atoms with van der Waals surface area (Å²) < 4.78 is 25.6. The van der Waals surface area contributed by atoms with Crippen molar-refractivity contribution in [1.82, 2.24) is 4.98 Å². The second-order valence-corrected chi connectivity index (χ2v) is 7.19. The van der Waals surface area contributed by atoms with Crippen LogP contribution in [0.5, 0.6) is 5.88 Å². The Morgan fingerprint density at radius 3 is 2.89 bits per heavy atom. The van der Waals surface area contributed by atoms with E-state index >= 15 is 0 Å².